The number of aliphatic hydroxyl groups is 1. The number of morpholine rings is 1. The standard InChI is InChI=1S/C24H34N2O4/c1-28-23-11-5-10-21(17-25-12-6-9-20-7-3-2-4-8-20)24(23)30-19-22(27)18-26-13-15-29-16-14-26/h2-5,7-8,10-11,22,25,27H,6,9,12-19H2,1H3. The summed E-state index contributed by atoms with van der Waals surface area (Å²) in [7, 11) is 1.64. The third-order valence-electron chi connectivity index (χ3n) is 5.25. The van der Waals surface area contributed by atoms with Crippen molar-refractivity contribution in [3.63, 3.8) is 0 Å². The van der Waals surface area contributed by atoms with Crippen LogP contribution in [0.1, 0.15) is 17.5 Å². The average Bonchev–Trinajstić information content (AvgIpc) is 2.79. The molecule has 164 valence electrons. The molecule has 2 N–H and O–H groups in total. The third-order valence-corrected chi connectivity index (χ3v) is 5.25. The number of β-amino-alcohol motifs (C(OH)–C–C–N with tert-alkyl or cyclic N) is 1. The summed E-state index contributed by atoms with van der Waals surface area (Å²) in [5.41, 5.74) is 2.39. The van der Waals surface area contributed by atoms with Crippen molar-refractivity contribution < 1.29 is 19.3 Å². The van der Waals surface area contributed by atoms with Crippen LogP contribution in [0.15, 0.2) is 48.5 Å². The molecule has 6 heteroatoms. The molecule has 0 aliphatic carbocycles. The predicted octanol–water partition coefficient (Wildman–Crippen LogP) is 2.49. The van der Waals surface area contributed by atoms with Crippen molar-refractivity contribution in [1.82, 2.24) is 10.2 Å². The normalized spacial score (nSPS) is 15.7. The van der Waals surface area contributed by atoms with Crippen molar-refractivity contribution in [3.05, 3.63) is 59.7 Å². The Morgan fingerprint density at radius 1 is 1.10 bits per heavy atom. The molecule has 30 heavy (non-hydrogen) atoms. The van der Waals surface area contributed by atoms with E-state index in [1.54, 1.807) is 7.11 Å². The van der Waals surface area contributed by atoms with Crippen molar-refractivity contribution >= 4 is 0 Å². The minimum atomic E-state index is -0.556. The van der Waals surface area contributed by atoms with E-state index in [1.807, 2.05) is 24.3 Å². The van der Waals surface area contributed by atoms with Crippen molar-refractivity contribution in [3.8, 4) is 11.5 Å². The molecule has 0 bridgehead atoms. The quantitative estimate of drug-likeness (QED) is 0.521. The molecule has 1 fully saturated rings. The summed E-state index contributed by atoms with van der Waals surface area (Å²) in [4.78, 5) is 2.20. The first-order valence-corrected chi connectivity index (χ1v) is 10.8. The molecule has 0 saturated carbocycles. The number of nitrogens with one attached hydrogen (secondary N) is 1. The number of rotatable bonds is 12. The van der Waals surface area contributed by atoms with Gasteiger partial charge in [0.15, 0.2) is 11.5 Å². The van der Waals surface area contributed by atoms with Gasteiger partial charge in [-0.3, -0.25) is 4.90 Å². The molecule has 1 saturated heterocycles. The Hall–Kier alpha value is -2.12. The fraction of sp³-hybridized carbons (Fsp3) is 0.500. The van der Waals surface area contributed by atoms with Gasteiger partial charge in [0.2, 0.25) is 0 Å². The Balaban J connectivity index is 1.47. The first-order chi connectivity index (χ1) is 14.8. The van der Waals surface area contributed by atoms with Gasteiger partial charge >= 0.3 is 0 Å². The van der Waals surface area contributed by atoms with Crippen molar-refractivity contribution in [2.75, 3.05) is 53.1 Å². The first-order valence-electron chi connectivity index (χ1n) is 10.8. The van der Waals surface area contributed by atoms with Gasteiger partial charge in [0.25, 0.3) is 0 Å². The van der Waals surface area contributed by atoms with Gasteiger partial charge in [-0.2, -0.15) is 0 Å². The summed E-state index contributed by atoms with van der Waals surface area (Å²) in [5.74, 6) is 1.40. The van der Waals surface area contributed by atoms with Gasteiger partial charge in [-0.25, -0.2) is 0 Å². The predicted molar refractivity (Wildman–Crippen MR) is 118 cm³/mol. The number of ether oxygens (including phenoxy) is 3. The highest BCUT2D eigenvalue weighted by Gasteiger charge is 2.17. The highest BCUT2D eigenvalue weighted by atomic mass is 16.5. The summed E-state index contributed by atoms with van der Waals surface area (Å²) in [6.07, 6.45) is 1.57. The maximum absolute atomic E-state index is 10.4. The van der Waals surface area contributed by atoms with Gasteiger partial charge in [-0.15, -0.1) is 0 Å². The van der Waals surface area contributed by atoms with E-state index < -0.39 is 6.10 Å². The number of benzene rings is 2. The molecule has 0 radical (unpaired) electrons. The average molecular weight is 415 g/mol. The summed E-state index contributed by atoms with van der Waals surface area (Å²) in [6, 6.07) is 16.4. The van der Waals surface area contributed by atoms with E-state index in [0.717, 1.165) is 51.3 Å². The van der Waals surface area contributed by atoms with E-state index in [2.05, 4.69) is 34.5 Å². The Labute approximate surface area is 179 Å². The molecule has 1 atom stereocenters. The van der Waals surface area contributed by atoms with Gasteiger partial charge in [-0.1, -0.05) is 42.5 Å². The zero-order valence-corrected chi connectivity index (χ0v) is 17.9. The minimum absolute atomic E-state index is 0.235. The molecular formula is C24H34N2O4. The summed E-state index contributed by atoms with van der Waals surface area (Å²) < 4.78 is 16.9. The summed E-state index contributed by atoms with van der Waals surface area (Å²) in [5, 5.41) is 13.9. The summed E-state index contributed by atoms with van der Waals surface area (Å²) >= 11 is 0. The van der Waals surface area contributed by atoms with Crippen LogP contribution in [0.5, 0.6) is 11.5 Å². The van der Waals surface area contributed by atoms with Crippen molar-refractivity contribution in [2.45, 2.75) is 25.5 Å². The molecule has 0 aromatic heterocycles. The summed E-state index contributed by atoms with van der Waals surface area (Å²) in [6.45, 7) is 5.59. The number of aliphatic hydroxyl groups excluding tert-OH is 1. The fourth-order valence-electron chi connectivity index (χ4n) is 3.62. The SMILES string of the molecule is COc1cccc(CNCCCc2ccccc2)c1OCC(O)CN1CCOCC1. The topological polar surface area (TPSA) is 63.2 Å². The maximum Gasteiger partial charge on any atom is 0.165 e. The van der Waals surface area contributed by atoms with Gasteiger partial charge in [-0.05, 0) is 31.0 Å². The van der Waals surface area contributed by atoms with Crippen molar-refractivity contribution in [1.29, 1.82) is 0 Å². The van der Waals surface area contributed by atoms with E-state index >= 15 is 0 Å². The number of methoxy groups -OCH3 is 1. The largest absolute Gasteiger partial charge is 0.493 e. The van der Waals surface area contributed by atoms with E-state index in [4.69, 9.17) is 14.2 Å². The smallest absolute Gasteiger partial charge is 0.165 e. The monoisotopic (exact) mass is 414 g/mol. The number of nitrogens with zero attached hydrogens (tertiary/aromatic N) is 1. The molecule has 1 aliphatic rings. The molecule has 2 aromatic rings. The number of hydrogen-bond acceptors (Lipinski definition) is 6. The minimum Gasteiger partial charge on any atom is -0.493 e. The van der Waals surface area contributed by atoms with Gasteiger partial charge < -0.3 is 24.6 Å². The van der Waals surface area contributed by atoms with Crippen LogP contribution in [0.3, 0.4) is 0 Å². The van der Waals surface area contributed by atoms with E-state index in [9.17, 15) is 5.11 Å². The molecule has 6 nitrogen and oxygen atoms in total. The highest BCUT2D eigenvalue weighted by Crippen LogP contribution is 2.31. The molecule has 0 spiro atoms. The number of hydrogen-bond donors (Lipinski definition) is 2. The zero-order valence-electron chi connectivity index (χ0n) is 17.9. The first kappa shape index (κ1) is 22.6. The number of aryl methyl sites for hydroxylation is 1. The van der Waals surface area contributed by atoms with E-state index in [-0.39, 0.29) is 6.61 Å². The van der Waals surface area contributed by atoms with Crippen LogP contribution in [-0.2, 0) is 17.7 Å². The lowest BCUT2D eigenvalue weighted by Crippen LogP contribution is -2.42. The number of para-hydroxylation sites is 1. The lowest BCUT2D eigenvalue weighted by Gasteiger charge is -2.28. The van der Waals surface area contributed by atoms with Gasteiger partial charge in [0.05, 0.1) is 20.3 Å². The Kier molecular flexibility index (Phi) is 9.44. The third kappa shape index (κ3) is 7.29. The van der Waals surface area contributed by atoms with E-state index in [0.29, 0.717) is 24.6 Å². The highest BCUT2D eigenvalue weighted by molar-refractivity contribution is 5.46. The molecule has 0 amide bonds. The second-order valence-corrected chi connectivity index (χ2v) is 7.59. The molecule has 2 aromatic carbocycles. The van der Waals surface area contributed by atoms with Crippen LogP contribution in [0.2, 0.25) is 0 Å². The second kappa shape index (κ2) is 12.5. The molecule has 1 unspecified atom stereocenters. The Morgan fingerprint density at radius 3 is 2.67 bits per heavy atom. The van der Waals surface area contributed by atoms with Gasteiger partial charge in [0.1, 0.15) is 12.7 Å². The molecule has 3 rings (SSSR count). The lowest BCUT2D eigenvalue weighted by molar-refractivity contribution is 0.00436. The van der Waals surface area contributed by atoms with Crippen LogP contribution in [-0.4, -0.2) is 69.2 Å². The molecule has 1 heterocycles. The van der Waals surface area contributed by atoms with Crippen LogP contribution in [0.25, 0.3) is 0 Å². The van der Waals surface area contributed by atoms with Crippen LogP contribution < -0.4 is 14.8 Å². The van der Waals surface area contributed by atoms with Crippen LogP contribution >= 0.6 is 0 Å². The zero-order chi connectivity index (χ0) is 21.0. The Morgan fingerprint density at radius 2 is 1.90 bits per heavy atom. The van der Waals surface area contributed by atoms with Crippen molar-refractivity contribution in [2.24, 2.45) is 0 Å². The van der Waals surface area contributed by atoms with E-state index in [1.165, 1.54) is 5.56 Å². The maximum atomic E-state index is 10.4. The molecule has 1 aliphatic heterocycles. The fourth-order valence-corrected chi connectivity index (χ4v) is 3.62. The molecular weight excluding hydrogens is 380 g/mol. The van der Waals surface area contributed by atoms with Crippen LogP contribution in [0, 0.1) is 0 Å². The second-order valence-electron chi connectivity index (χ2n) is 7.59. The van der Waals surface area contributed by atoms with Crippen LogP contribution in [0.4, 0.5) is 0 Å². The van der Waals surface area contributed by atoms with Gasteiger partial charge in [0, 0.05) is 31.7 Å². The lowest BCUT2D eigenvalue weighted by atomic mass is 10.1. The Bertz CT molecular complexity index is 735.